The van der Waals surface area contributed by atoms with Crippen molar-refractivity contribution in [3.63, 3.8) is 0 Å². The Hall–Kier alpha value is -4.06. The van der Waals surface area contributed by atoms with Crippen LogP contribution in [0.25, 0.3) is 6.08 Å². The van der Waals surface area contributed by atoms with E-state index in [4.69, 9.17) is 14.2 Å². The minimum absolute atomic E-state index is 0.0952. The molecular formula is C28H29NO5. The fraction of sp³-hybridized carbons (Fsp3) is 0.214. The summed E-state index contributed by atoms with van der Waals surface area (Å²) in [6, 6.07) is 26.0. The van der Waals surface area contributed by atoms with Crippen LogP contribution in [0.2, 0.25) is 0 Å². The summed E-state index contributed by atoms with van der Waals surface area (Å²) in [5, 5.41) is 0. The highest BCUT2D eigenvalue weighted by Gasteiger charge is 2.19. The van der Waals surface area contributed by atoms with E-state index in [9.17, 15) is 9.59 Å². The quantitative estimate of drug-likeness (QED) is 0.365. The third kappa shape index (κ3) is 7.81. The van der Waals surface area contributed by atoms with Crippen molar-refractivity contribution in [3.8, 4) is 5.75 Å². The molecule has 1 amide bonds. The number of ether oxygens (including phenoxy) is 3. The van der Waals surface area contributed by atoms with Crippen LogP contribution in [0.1, 0.15) is 26.3 Å². The van der Waals surface area contributed by atoms with Gasteiger partial charge >= 0.3 is 12.1 Å². The third-order valence-corrected chi connectivity index (χ3v) is 4.46. The Morgan fingerprint density at radius 1 is 0.853 bits per heavy atom. The molecule has 3 rings (SSSR count). The van der Waals surface area contributed by atoms with E-state index < -0.39 is 17.7 Å². The van der Waals surface area contributed by atoms with Crippen LogP contribution in [0.5, 0.6) is 5.75 Å². The molecule has 176 valence electrons. The van der Waals surface area contributed by atoms with Crippen LogP contribution in [0.4, 0.5) is 16.2 Å². The molecule has 0 spiro atoms. The molecular weight excluding hydrogens is 430 g/mol. The molecule has 3 aromatic carbocycles. The van der Waals surface area contributed by atoms with Crippen LogP contribution in [-0.2, 0) is 14.3 Å². The first-order valence-electron chi connectivity index (χ1n) is 11.0. The number of hydrogen-bond donors (Lipinski definition) is 0. The van der Waals surface area contributed by atoms with Crippen molar-refractivity contribution >= 4 is 29.5 Å². The van der Waals surface area contributed by atoms with Gasteiger partial charge in [-0.3, -0.25) is 0 Å². The molecule has 6 heteroatoms. The van der Waals surface area contributed by atoms with Crippen LogP contribution < -0.4 is 9.64 Å². The topological polar surface area (TPSA) is 65.1 Å². The normalized spacial score (nSPS) is 11.1. The number of nitrogens with zero attached hydrogens (tertiary/aromatic N) is 1. The van der Waals surface area contributed by atoms with Gasteiger partial charge in [0.2, 0.25) is 0 Å². The van der Waals surface area contributed by atoms with E-state index in [0.717, 1.165) is 16.9 Å². The number of para-hydroxylation sites is 2. The fourth-order valence-corrected chi connectivity index (χ4v) is 3.10. The molecule has 0 aromatic heterocycles. The zero-order valence-electron chi connectivity index (χ0n) is 19.6. The number of rotatable bonds is 8. The SMILES string of the molecule is CC(C)(C)OC(=O)COc1cccc(C=CCOC(=O)N(c2ccccc2)c2ccccc2)c1. The molecule has 0 saturated carbocycles. The highest BCUT2D eigenvalue weighted by Crippen LogP contribution is 2.25. The molecule has 0 aliphatic rings. The lowest BCUT2D eigenvalue weighted by Gasteiger charge is -2.22. The Balaban J connectivity index is 1.57. The number of esters is 1. The largest absolute Gasteiger partial charge is 0.482 e. The van der Waals surface area contributed by atoms with Crippen LogP contribution in [0, 0.1) is 0 Å². The maximum Gasteiger partial charge on any atom is 0.419 e. The second kappa shape index (κ2) is 11.7. The summed E-state index contributed by atoms with van der Waals surface area (Å²) >= 11 is 0. The Labute approximate surface area is 200 Å². The molecule has 0 saturated heterocycles. The lowest BCUT2D eigenvalue weighted by atomic mass is 10.2. The minimum atomic E-state index is -0.556. The van der Waals surface area contributed by atoms with Crippen molar-refractivity contribution in [2.75, 3.05) is 18.1 Å². The van der Waals surface area contributed by atoms with E-state index in [1.165, 1.54) is 4.90 Å². The summed E-state index contributed by atoms with van der Waals surface area (Å²) in [5.74, 6) is 0.117. The lowest BCUT2D eigenvalue weighted by Crippen LogP contribution is -2.27. The highest BCUT2D eigenvalue weighted by atomic mass is 16.6. The average Bonchev–Trinajstić information content (AvgIpc) is 2.81. The standard InChI is InChI=1S/C28H29NO5/c1-28(2,3)34-26(30)21-33-25-18-10-12-22(20-25)13-11-19-32-27(31)29(23-14-6-4-7-15-23)24-16-8-5-9-17-24/h4-18,20H,19,21H2,1-3H3. The van der Waals surface area contributed by atoms with Gasteiger partial charge in [-0.1, -0.05) is 54.6 Å². The molecule has 0 aliphatic heterocycles. The number of carbonyl (C=O) groups is 2. The van der Waals surface area contributed by atoms with Crippen molar-refractivity contribution in [2.24, 2.45) is 0 Å². The zero-order valence-corrected chi connectivity index (χ0v) is 19.6. The minimum Gasteiger partial charge on any atom is -0.482 e. The summed E-state index contributed by atoms with van der Waals surface area (Å²) in [4.78, 5) is 26.2. The van der Waals surface area contributed by atoms with Gasteiger partial charge in [-0.15, -0.1) is 0 Å². The second-order valence-corrected chi connectivity index (χ2v) is 8.43. The number of anilines is 2. The molecule has 0 N–H and O–H groups in total. The van der Waals surface area contributed by atoms with Gasteiger partial charge in [0.05, 0.1) is 11.4 Å². The Morgan fingerprint density at radius 3 is 2.06 bits per heavy atom. The monoisotopic (exact) mass is 459 g/mol. The zero-order chi connectivity index (χ0) is 24.4. The van der Waals surface area contributed by atoms with Gasteiger partial charge in [0.25, 0.3) is 0 Å². The predicted octanol–water partition coefficient (Wildman–Crippen LogP) is 6.40. The predicted molar refractivity (Wildman–Crippen MR) is 133 cm³/mol. The first-order chi connectivity index (χ1) is 16.3. The van der Waals surface area contributed by atoms with Crippen LogP contribution >= 0.6 is 0 Å². The maximum absolute atomic E-state index is 12.9. The van der Waals surface area contributed by atoms with Gasteiger partial charge in [-0.2, -0.15) is 0 Å². The third-order valence-electron chi connectivity index (χ3n) is 4.46. The van der Waals surface area contributed by atoms with Gasteiger partial charge in [0, 0.05) is 0 Å². The van der Waals surface area contributed by atoms with Gasteiger partial charge < -0.3 is 14.2 Å². The molecule has 0 aliphatic carbocycles. The Morgan fingerprint density at radius 2 is 1.47 bits per heavy atom. The first-order valence-corrected chi connectivity index (χ1v) is 11.0. The van der Waals surface area contributed by atoms with Crippen molar-refractivity contribution in [3.05, 3.63) is 96.6 Å². The number of carbonyl (C=O) groups excluding carboxylic acids is 2. The molecule has 0 unspecified atom stereocenters. The van der Waals surface area contributed by atoms with E-state index in [-0.39, 0.29) is 13.2 Å². The molecule has 3 aromatic rings. The molecule has 0 bridgehead atoms. The van der Waals surface area contributed by atoms with E-state index in [0.29, 0.717) is 5.75 Å². The first kappa shape index (κ1) is 24.6. The number of benzene rings is 3. The molecule has 0 radical (unpaired) electrons. The van der Waals surface area contributed by atoms with Crippen molar-refractivity contribution < 1.29 is 23.8 Å². The van der Waals surface area contributed by atoms with E-state index in [1.54, 1.807) is 18.2 Å². The van der Waals surface area contributed by atoms with Crippen molar-refractivity contribution in [1.29, 1.82) is 0 Å². The summed E-state index contributed by atoms with van der Waals surface area (Å²) in [6.07, 6.45) is 3.10. The van der Waals surface area contributed by atoms with E-state index in [2.05, 4.69) is 0 Å². The maximum atomic E-state index is 12.9. The molecule has 0 fully saturated rings. The van der Waals surface area contributed by atoms with Crippen molar-refractivity contribution in [2.45, 2.75) is 26.4 Å². The number of amides is 1. The molecule has 34 heavy (non-hydrogen) atoms. The van der Waals surface area contributed by atoms with E-state index in [1.807, 2.05) is 99.6 Å². The van der Waals surface area contributed by atoms with Gasteiger partial charge in [0.1, 0.15) is 18.0 Å². The van der Waals surface area contributed by atoms with Crippen LogP contribution in [0.15, 0.2) is 91.0 Å². The van der Waals surface area contributed by atoms with Crippen molar-refractivity contribution in [1.82, 2.24) is 0 Å². The number of hydrogen-bond acceptors (Lipinski definition) is 5. The summed E-state index contributed by atoms with van der Waals surface area (Å²) in [6.45, 7) is 5.35. The van der Waals surface area contributed by atoms with Gasteiger partial charge in [-0.05, 0) is 68.8 Å². The highest BCUT2D eigenvalue weighted by molar-refractivity contribution is 5.95. The second-order valence-electron chi connectivity index (χ2n) is 8.43. The summed E-state index contributed by atoms with van der Waals surface area (Å²) < 4.78 is 16.3. The van der Waals surface area contributed by atoms with Gasteiger partial charge in [-0.25, -0.2) is 14.5 Å². The lowest BCUT2D eigenvalue weighted by molar-refractivity contribution is -0.157. The molecule has 0 atom stereocenters. The Bertz CT molecular complexity index is 1060. The average molecular weight is 460 g/mol. The summed E-state index contributed by atoms with van der Waals surface area (Å²) in [7, 11) is 0. The van der Waals surface area contributed by atoms with E-state index >= 15 is 0 Å². The smallest absolute Gasteiger partial charge is 0.419 e. The van der Waals surface area contributed by atoms with Crippen LogP contribution in [0.3, 0.4) is 0 Å². The van der Waals surface area contributed by atoms with Gasteiger partial charge in [0.15, 0.2) is 6.61 Å². The molecule has 0 heterocycles. The molecule has 6 nitrogen and oxygen atoms in total. The van der Waals surface area contributed by atoms with Crippen LogP contribution in [-0.4, -0.2) is 30.9 Å². The summed E-state index contributed by atoms with van der Waals surface area (Å²) in [5.41, 5.74) is 1.73. The fourth-order valence-electron chi connectivity index (χ4n) is 3.10. The Kier molecular flexibility index (Phi) is 8.46.